The van der Waals surface area contributed by atoms with Gasteiger partial charge in [-0.05, 0) is 0 Å². The van der Waals surface area contributed by atoms with E-state index in [1.54, 1.807) is 47.9 Å². The van der Waals surface area contributed by atoms with E-state index in [0.717, 1.165) is 11.1 Å². The molecule has 0 radical (unpaired) electrons. The molecule has 0 saturated heterocycles. The van der Waals surface area contributed by atoms with Crippen molar-refractivity contribution < 1.29 is 20.4 Å². The molecule has 32 heavy (non-hydrogen) atoms. The minimum absolute atomic E-state index is 0.323. The molecule has 2 fully saturated rings. The summed E-state index contributed by atoms with van der Waals surface area (Å²) in [6.07, 6.45) is 22.2. The summed E-state index contributed by atoms with van der Waals surface area (Å²) < 4.78 is 3.91. The Morgan fingerprint density at radius 3 is 2.19 bits per heavy atom. The molecule has 4 aliphatic rings. The second-order valence-corrected chi connectivity index (χ2v) is 25.1. The van der Waals surface area contributed by atoms with Crippen LogP contribution in [-0.4, -0.2) is 5.43 Å². The molecular formula is C30H36SiZr. The van der Waals surface area contributed by atoms with Gasteiger partial charge in [-0.3, -0.25) is 0 Å². The van der Waals surface area contributed by atoms with E-state index in [1.807, 2.05) is 6.55 Å². The van der Waals surface area contributed by atoms with Crippen molar-refractivity contribution in [2.45, 2.75) is 89.1 Å². The molecule has 0 nitrogen and oxygen atoms in total. The second-order valence-electron chi connectivity index (χ2n) is 10.7. The monoisotopic (exact) mass is 514 g/mol. The molecule has 0 atom stereocenters. The summed E-state index contributed by atoms with van der Waals surface area (Å²) in [5.74, 6) is 0. The van der Waals surface area contributed by atoms with Crippen LogP contribution in [0.3, 0.4) is 0 Å². The summed E-state index contributed by atoms with van der Waals surface area (Å²) in [6, 6.07) is 12.2. The van der Waals surface area contributed by atoms with E-state index >= 15 is 0 Å². The summed E-state index contributed by atoms with van der Waals surface area (Å²) in [6.45, 7) is 4.73. The summed E-state index contributed by atoms with van der Waals surface area (Å²) in [5.41, 5.74) is 11.4. The van der Waals surface area contributed by atoms with Crippen LogP contribution in [-0.2, 0) is 26.8 Å². The Balaban J connectivity index is 1.60. The predicted octanol–water partition coefficient (Wildman–Crippen LogP) is 7.84. The molecule has 0 spiro atoms. The topological polar surface area (TPSA) is 0 Å². The number of hydrogen-bond acceptors (Lipinski definition) is 0. The molecule has 164 valence electrons. The average molecular weight is 516 g/mol. The maximum absolute atomic E-state index is 2.61. The first-order valence-corrected chi connectivity index (χ1v) is 20.8. The third-order valence-electron chi connectivity index (χ3n) is 8.66. The number of benzene rings is 2. The zero-order valence-corrected chi connectivity index (χ0v) is 23.3. The van der Waals surface area contributed by atoms with Crippen molar-refractivity contribution in [3.63, 3.8) is 0 Å². The third-order valence-corrected chi connectivity index (χ3v) is 31.2. The van der Waals surface area contributed by atoms with Gasteiger partial charge in [0, 0.05) is 0 Å². The Bertz CT molecular complexity index is 1140. The van der Waals surface area contributed by atoms with Gasteiger partial charge in [0.05, 0.1) is 0 Å². The van der Waals surface area contributed by atoms with Crippen LogP contribution in [0.5, 0.6) is 0 Å². The van der Waals surface area contributed by atoms with E-state index in [2.05, 4.69) is 62.4 Å². The second kappa shape index (κ2) is 8.99. The normalized spacial score (nSPS) is 20.0. The molecule has 2 heteroatoms. The minimum atomic E-state index is -1.99. The quantitative estimate of drug-likeness (QED) is 0.310. The number of aryl methyl sites for hydroxylation is 2. The van der Waals surface area contributed by atoms with Crippen LogP contribution in [0, 0.1) is 13.8 Å². The van der Waals surface area contributed by atoms with Gasteiger partial charge in [0.25, 0.3) is 0 Å². The van der Waals surface area contributed by atoms with E-state index < -0.39 is 20.4 Å². The molecule has 2 saturated carbocycles. The standard InChI is InChI=1S/C15H13.C10H18Si.C5H5.Zr/c1-10-3-5-14-12(7-10)9-13-8-11(2)4-6-15(13)14;1-2-6-9(5-1)11-10-7-3-4-8-10;1-2-4-5-3-1;/h3-7H,9H2,1-2H3;9-10H,1-8H2;1-3H,4H2;. The Morgan fingerprint density at radius 2 is 1.53 bits per heavy atom. The van der Waals surface area contributed by atoms with Crippen molar-refractivity contribution in [2.75, 3.05) is 0 Å². The van der Waals surface area contributed by atoms with Gasteiger partial charge in [-0.2, -0.15) is 0 Å². The first-order valence-electron chi connectivity index (χ1n) is 13.0. The Labute approximate surface area is 202 Å². The first kappa shape index (κ1) is 21.5. The van der Waals surface area contributed by atoms with Gasteiger partial charge in [-0.1, -0.05) is 0 Å². The summed E-state index contributed by atoms with van der Waals surface area (Å²) >= 11 is -1.99. The van der Waals surface area contributed by atoms with Crippen molar-refractivity contribution in [2.24, 2.45) is 0 Å². The zero-order valence-electron chi connectivity index (χ0n) is 19.8. The van der Waals surface area contributed by atoms with E-state index in [4.69, 9.17) is 0 Å². The van der Waals surface area contributed by atoms with Crippen LogP contribution >= 0.6 is 0 Å². The van der Waals surface area contributed by atoms with Gasteiger partial charge in [0.1, 0.15) is 0 Å². The number of hydrogen-bond donors (Lipinski definition) is 0. The molecule has 0 aromatic heterocycles. The van der Waals surface area contributed by atoms with Gasteiger partial charge in [-0.15, -0.1) is 0 Å². The first-order chi connectivity index (χ1) is 15.7. The van der Waals surface area contributed by atoms with E-state index in [1.165, 1.54) is 49.7 Å². The van der Waals surface area contributed by atoms with Crippen LogP contribution in [0.1, 0.15) is 80.0 Å². The van der Waals surface area contributed by atoms with Crippen LogP contribution in [0.15, 0.2) is 51.8 Å². The summed E-state index contributed by atoms with van der Waals surface area (Å²) in [4.78, 5) is 0. The third kappa shape index (κ3) is 3.74. The van der Waals surface area contributed by atoms with E-state index in [0.29, 0.717) is 0 Å². The van der Waals surface area contributed by atoms with Gasteiger partial charge >= 0.3 is 203 Å². The van der Waals surface area contributed by atoms with Gasteiger partial charge in [-0.25, -0.2) is 0 Å². The number of fused-ring (bicyclic) bond motifs is 3. The van der Waals surface area contributed by atoms with Crippen LogP contribution in [0.25, 0.3) is 11.1 Å². The molecule has 0 N–H and O–H groups in total. The molecule has 0 bridgehead atoms. The predicted molar refractivity (Wildman–Crippen MR) is 136 cm³/mol. The SMILES string of the molecule is Cc1ccc2c(c1)Cc1c-2ccc(C)[c]1[Zr]([C]1=CC=CC1)=[Si](C1CCCC1)C1CCCC1. The number of rotatable bonds is 4. The van der Waals surface area contributed by atoms with Crippen molar-refractivity contribution in [3.05, 3.63) is 74.1 Å². The zero-order chi connectivity index (χ0) is 21.7. The molecule has 4 aliphatic carbocycles. The molecule has 0 unspecified atom stereocenters. The summed E-state index contributed by atoms with van der Waals surface area (Å²) in [5, 5.41) is 0. The van der Waals surface area contributed by atoms with Gasteiger partial charge in [0.15, 0.2) is 0 Å². The van der Waals surface area contributed by atoms with Crippen molar-refractivity contribution in [3.8, 4) is 11.1 Å². The Kier molecular flexibility index (Phi) is 6.06. The maximum atomic E-state index is 2.61. The number of allylic oxidation sites excluding steroid dienone is 4. The molecule has 2 aromatic rings. The van der Waals surface area contributed by atoms with Crippen LogP contribution in [0.2, 0.25) is 11.1 Å². The van der Waals surface area contributed by atoms with Crippen LogP contribution < -0.4 is 3.27 Å². The fourth-order valence-electron chi connectivity index (χ4n) is 7.21. The fourth-order valence-corrected chi connectivity index (χ4v) is 34.4. The average Bonchev–Trinajstić information content (AvgIpc) is 3.60. The summed E-state index contributed by atoms with van der Waals surface area (Å²) in [7, 11) is 0. The fraction of sp³-hybridized carbons (Fsp3) is 0.467. The molecule has 0 aliphatic heterocycles. The Morgan fingerprint density at radius 1 is 0.844 bits per heavy atom. The molecule has 0 amide bonds. The molecule has 2 aromatic carbocycles. The van der Waals surface area contributed by atoms with E-state index in [9.17, 15) is 0 Å². The van der Waals surface area contributed by atoms with E-state index in [-0.39, 0.29) is 5.43 Å². The Hall–Kier alpha value is -0.980. The molecular weight excluding hydrogens is 480 g/mol. The van der Waals surface area contributed by atoms with Crippen molar-refractivity contribution in [1.82, 2.24) is 0 Å². The molecule has 0 heterocycles. The van der Waals surface area contributed by atoms with Crippen molar-refractivity contribution in [1.29, 1.82) is 0 Å². The van der Waals surface area contributed by atoms with Gasteiger partial charge < -0.3 is 0 Å². The molecule has 6 rings (SSSR count). The van der Waals surface area contributed by atoms with Gasteiger partial charge in [0.2, 0.25) is 0 Å². The van der Waals surface area contributed by atoms with Crippen LogP contribution in [0.4, 0.5) is 0 Å². The van der Waals surface area contributed by atoms with Crippen molar-refractivity contribution >= 4 is 8.70 Å².